The Morgan fingerprint density at radius 1 is 0.958 bits per heavy atom. The minimum atomic E-state index is -0.722. The molecule has 136 valence electrons. The summed E-state index contributed by atoms with van der Waals surface area (Å²) < 4.78 is 0. The summed E-state index contributed by atoms with van der Waals surface area (Å²) in [6, 6.07) is 9.16. The normalized spacial score (nSPS) is 13.6. The largest absolute Gasteiger partial charge is 0.390 e. The molecule has 0 saturated heterocycles. The van der Waals surface area contributed by atoms with E-state index in [1.54, 1.807) is 12.1 Å². The fraction of sp³-hybridized carbons (Fsp3) is 0.650. The highest BCUT2D eigenvalue weighted by molar-refractivity contribution is 5.97. The van der Waals surface area contributed by atoms with Gasteiger partial charge in [0.2, 0.25) is 0 Å². The Kier molecular flexibility index (Phi) is 11.4. The van der Waals surface area contributed by atoms with Crippen LogP contribution < -0.4 is 5.32 Å². The summed E-state index contributed by atoms with van der Waals surface area (Å²) in [6.07, 6.45) is 6.78. The molecule has 2 atom stereocenters. The molecule has 0 amide bonds. The number of aliphatic hydroxyl groups is 2. The second kappa shape index (κ2) is 13.1. The maximum absolute atomic E-state index is 11.9. The number of hydrogen-bond acceptors (Lipinski definition) is 4. The molecule has 0 spiro atoms. The van der Waals surface area contributed by atoms with Gasteiger partial charge < -0.3 is 15.5 Å². The second-order valence-electron chi connectivity index (χ2n) is 6.45. The molecule has 0 heterocycles. The fourth-order valence-corrected chi connectivity index (χ4v) is 2.70. The van der Waals surface area contributed by atoms with Crippen molar-refractivity contribution in [3.05, 3.63) is 35.9 Å². The monoisotopic (exact) mass is 335 g/mol. The van der Waals surface area contributed by atoms with Gasteiger partial charge in [-0.1, -0.05) is 75.8 Å². The zero-order valence-electron chi connectivity index (χ0n) is 14.9. The van der Waals surface area contributed by atoms with Crippen molar-refractivity contribution in [2.45, 2.75) is 70.5 Å². The first-order chi connectivity index (χ1) is 11.6. The van der Waals surface area contributed by atoms with Gasteiger partial charge >= 0.3 is 0 Å². The Balaban J connectivity index is 2.06. The molecule has 3 N–H and O–H groups in total. The van der Waals surface area contributed by atoms with E-state index in [9.17, 15) is 15.0 Å². The smallest absolute Gasteiger partial charge is 0.176 e. The first kappa shape index (κ1) is 20.8. The number of ketones is 1. The third-order valence-corrected chi connectivity index (χ3v) is 4.30. The first-order valence-electron chi connectivity index (χ1n) is 9.30. The van der Waals surface area contributed by atoms with Crippen LogP contribution in [-0.4, -0.2) is 41.3 Å². The van der Waals surface area contributed by atoms with Gasteiger partial charge in [-0.25, -0.2) is 0 Å². The van der Waals surface area contributed by atoms with Gasteiger partial charge in [-0.15, -0.1) is 0 Å². The van der Waals surface area contributed by atoms with Crippen LogP contribution >= 0.6 is 0 Å². The average Bonchev–Trinajstić information content (AvgIpc) is 2.61. The number of Topliss-reactive ketones (excluding diaryl/α,β-unsaturated/α-hetero) is 1. The van der Waals surface area contributed by atoms with Gasteiger partial charge in [0.1, 0.15) is 0 Å². The van der Waals surface area contributed by atoms with Crippen LogP contribution in [-0.2, 0) is 0 Å². The van der Waals surface area contributed by atoms with Crippen LogP contribution in [0.3, 0.4) is 0 Å². The van der Waals surface area contributed by atoms with Crippen molar-refractivity contribution in [1.82, 2.24) is 5.32 Å². The quantitative estimate of drug-likeness (QED) is 0.360. The van der Waals surface area contributed by atoms with Crippen LogP contribution in [0.2, 0.25) is 0 Å². The Labute approximate surface area is 146 Å². The molecule has 24 heavy (non-hydrogen) atoms. The van der Waals surface area contributed by atoms with Crippen LogP contribution in [0, 0.1) is 0 Å². The third kappa shape index (κ3) is 9.16. The molecule has 0 aromatic heterocycles. The van der Waals surface area contributed by atoms with Crippen LogP contribution in [0.1, 0.15) is 68.6 Å². The Morgan fingerprint density at radius 2 is 1.58 bits per heavy atom. The molecule has 0 bridgehead atoms. The van der Waals surface area contributed by atoms with Crippen LogP contribution in [0.5, 0.6) is 0 Å². The van der Waals surface area contributed by atoms with Crippen LogP contribution in [0.15, 0.2) is 30.3 Å². The number of unbranched alkanes of at least 4 members (excludes halogenated alkanes) is 5. The van der Waals surface area contributed by atoms with Crippen molar-refractivity contribution in [2.24, 2.45) is 0 Å². The minimum Gasteiger partial charge on any atom is -0.390 e. The SMILES string of the molecule is CCCCCCCCC(O)C(O)CCNCC(=O)c1ccccc1. The summed E-state index contributed by atoms with van der Waals surface area (Å²) in [5, 5.41) is 23.0. The molecule has 0 saturated carbocycles. The standard InChI is InChI=1S/C20H33NO3/c1-2-3-4-5-6-10-13-18(22)19(23)14-15-21-16-20(24)17-11-8-7-9-12-17/h7-9,11-12,18-19,21-23H,2-6,10,13-16H2,1H3. The van der Waals surface area contributed by atoms with Gasteiger partial charge in [0, 0.05) is 5.56 Å². The summed E-state index contributed by atoms with van der Waals surface area (Å²) in [4.78, 5) is 11.9. The van der Waals surface area contributed by atoms with Crippen molar-refractivity contribution in [3.63, 3.8) is 0 Å². The van der Waals surface area contributed by atoms with E-state index >= 15 is 0 Å². The molecule has 0 radical (unpaired) electrons. The van der Waals surface area contributed by atoms with Gasteiger partial charge in [0.05, 0.1) is 18.8 Å². The van der Waals surface area contributed by atoms with Crippen LogP contribution in [0.4, 0.5) is 0 Å². The molecule has 1 rings (SSSR count). The molecule has 0 fully saturated rings. The molecule has 1 aromatic carbocycles. The number of nitrogens with one attached hydrogen (secondary N) is 1. The molecule has 0 aliphatic rings. The zero-order valence-corrected chi connectivity index (χ0v) is 14.9. The second-order valence-corrected chi connectivity index (χ2v) is 6.45. The van der Waals surface area contributed by atoms with E-state index in [4.69, 9.17) is 0 Å². The lowest BCUT2D eigenvalue weighted by Gasteiger charge is -2.18. The number of hydrogen-bond donors (Lipinski definition) is 3. The lowest BCUT2D eigenvalue weighted by Crippen LogP contribution is -2.32. The van der Waals surface area contributed by atoms with Gasteiger partial charge in [-0.05, 0) is 19.4 Å². The highest BCUT2D eigenvalue weighted by Gasteiger charge is 2.15. The number of carbonyl (C=O) groups is 1. The van der Waals surface area contributed by atoms with E-state index in [1.807, 2.05) is 18.2 Å². The molecular formula is C20H33NO3. The van der Waals surface area contributed by atoms with Gasteiger partial charge in [-0.3, -0.25) is 4.79 Å². The summed E-state index contributed by atoms with van der Waals surface area (Å²) in [6.45, 7) is 2.97. The minimum absolute atomic E-state index is 0.0396. The average molecular weight is 335 g/mol. The summed E-state index contributed by atoms with van der Waals surface area (Å²) in [5.41, 5.74) is 0.689. The molecular weight excluding hydrogens is 302 g/mol. The van der Waals surface area contributed by atoms with E-state index in [0.717, 1.165) is 12.8 Å². The fourth-order valence-electron chi connectivity index (χ4n) is 2.70. The predicted octanol–water partition coefficient (Wildman–Crippen LogP) is 3.32. The van der Waals surface area contributed by atoms with Gasteiger partial charge in [-0.2, -0.15) is 0 Å². The number of carbonyl (C=O) groups excluding carboxylic acids is 1. The molecule has 1 aromatic rings. The molecule has 4 nitrogen and oxygen atoms in total. The van der Waals surface area contributed by atoms with Gasteiger partial charge in [0.15, 0.2) is 5.78 Å². The zero-order chi connectivity index (χ0) is 17.6. The Bertz CT molecular complexity index is 436. The molecule has 2 unspecified atom stereocenters. The third-order valence-electron chi connectivity index (χ3n) is 4.30. The lowest BCUT2D eigenvalue weighted by atomic mass is 10.0. The van der Waals surface area contributed by atoms with E-state index in [-0.39, 0.29) is 12.3 Å². The van der Waals surface area contributed by atoms with Crippen molar-refractivity contribution in [3.8, 4) is 0 Å². The van der Waals surface area contributed by atoms with E-state index in [0.29, 0.717) is 24.9 Å². The molecule has 0 aliphatic heterocycles. The van der Waals surface area contributed by atoms with Crippen molar-refractivity contribution in [2.75, 3.05) is 13.1 Å². The van der Waals surface area contributed by atoms with Crippen molar-refractivity contribution < 1.29 is 15.0 Å². The lowest BCUT2D eigenvalue weighted by molar-refractivity contribution is 0.00886. The van der Waals surface area contributed by atoms with Crippen LogP contribution in [0.25, 0.3) is 0 Å². The summed E-state index contributed by atoms with van der Waals surface area (Å²) >= 11 is 0. The van der Waals surface area contributed by atoms with Crippen molar-refractivity contribution >= 4 is 5.78 Å². The number of aliphatic hydroxyl groups excluding tert-OH is 2. The maximum atomic E-state index is 11.9. The number of benzene rings is 1. The van der Waals surface area contributed by atoms with Crippen molar-refractivity contribution in [1.29, 1.82) is 0 Å². The van der Waals surface area contributed by atoms with Gasteiger partial charge in [0.25, 0.3) is 0 Å². The predicted molar refractivity (Wildman–Crippen MR) is 98.3 cm³/mol. The molecule has 4 heteroatoms. The molecule has 0 aliphatic carbocycles. The first-order valence-corrected chi connectivity index (χ1v) is 9.30. The summed E-state index contributed by atoms with van der Waals surface area (Å²) in [7, 11) is 0. The maximum Gasteiger partial charge on any atom is 0.176 e. The summed E-state index contributed by atoms with van der Waals surface area (Å²) in [5.74, 6) is 0.0396. The Morgan fingerprint density at radius 3 is 2.29 bits per heavy atom. The van der Waals surface area contributed by atoms with E-state index in [1.165, 1.54) is 25.7 Å². The highest BCUT2D eigenvalue weighted by atomic mass is 16.3. The highest BCUT2D eigenvalue weighted by Crippen LogP contribution is 2.11. The number of rotatable bonds is 14. The topological polar surface area (TPSA) is 69.6 Å². The van der Waals surface area contributed by atoms with E-state index in [2.05, 4.69) is 12.2 Å². The Hall–Kier alpha value is -1.23. The van der Waals surface area contributed by atoms with E-state index < -0.39 is 12.2 Å².